The first-order valence-electron chi connectivity index (χ1n) is 6.64. The van der Waals surface area contributed by atoms with Crippen LogP contribution >= 0.6 is 0 Å². The summed E-state index contributed by atoms with van der Waals surface area (Å²) in [6.45, 7) is 3.97. The van der Waals surface area contributed by atoms with Crippen molar-refractivity contribution in [3.63, 3.8) is 0 Å². The van der Waals surface area contributed by atoms with Crippen LogP contribution < -0.4 is 0 Å². The molecule has 0 atom stereocenters. The molecule has 0 aliphatic heterocycles. The molecule has 0 spiro atoms. The maximum absolute atomic E-state index is 14.1. The van der Waals surface area contributed by atoms with E-state index in [1.165, 1.54) is 0 Å². The van der Waals surface area contributed by atoms with Gasteiger partial charge in [-0.3, -0.25) is 4.68 Å². The summed E-state index contributed by atoms with van der Waals surface area (Å²) in [4.78, 5) is 4.31. The van der Waals surface area contributed by atoms with Gasteiger partial charge in [0.05, 0.1) is 0 Å². The van der Waals surface area contributed by atoms with Gasteiger partial charge in [0.1, 0.15) is 5.82 Å². The minimum Gasteiger partial charge on any atom is -0.273 e. The lowest BCUT2D eigenvalue weighted by Gasteiger charge is -2.09. The number of fused-ring (bicyclic) bond motifs is 1. The number of nitrogens with zero attached hydrogens (tertiary/aromatic N) is 3. The van der Waals surface area contributed by atoms with E-state index in [4.69, 9.17) is 0 Å². The third-order valence-corrected chi connectivity index (χ3v) is 3.43. The second kappa shape index (κ2) is 4.71. The Bertz CT molecular complexity index is 774. The highest BCUT2D eigenvalue weighted by molar-refractivity contribution is 5.80. The molecule has 0 bridgehead atoms. The Kier molecular flexibility index (Phi) is 3.01. The zero-order chi connectivity index (χ0) is 14.3. The van der Waals surface area contributed by atoms with Crippen molar-refractivity contribution < 1.29 is 4.39 Å². The van der Waals surface area contributed by atoms with Gasteiger partial charge in [-0.2, -0.15) is 5.10 Å². The van der Waals surface area contributed by atoms with E-state index in [2.05, 4.69) is 10.1 Å². The number of hydrogen-bond acceptors (Lipinski definition) is 2. The van der Waals surface area contributed by atoms with Crippen molar-refractivity contribution >= 4 is 11.0 Å². The average Bonchev–Trinajstić information content (AvgIpc) is 2.77. The number of halogens is 1. The first-order chi connectivity index (χ1) is 9.54. The van der Waals surface area contributed by atoms with Crippen LogP contribution in [0.25, 0.3) is 22.2 Å². The van der Waals surface area contributed by atoms with E-state index in [1.807, 2.05) is 45.3 Å². The fourth-order valence-electron chi connectivity index (χ4n) is 2.37. The molecule has 4 heteroatoms. The number of aryl methyl sites for hydroxylation is 1. The molecule has 2 heterocycles. The molecule has 0 amide bonds. The van der Waals surface area contributed by atoms with Crippen LogP contribution in [-0.2, 0) is 7.05 Å². The summed E-state index contributed by atoms with van der Waals surface area (Å²) in [5.74, 6) is 0.0202. The highest BCUT2D eigenvalue weighted by Crippen LogP contribution is 2.26. The van der Waals surface area contributed by atoms with Crippen molar-refractivity contribution in [3.05, 3.63) is 48.0 Å². The summed E-state index contributed by atoms with van der Waals surface area (Å²) in [6, 6.07) is 7.36. The van der Waals surface area contributed by atoms with Gasteiger partial charge in [0.2, 0.25) is 0 Å². The summed E-state index contributed by atoms with van der Waals surface area (Å²) < 4.78 is 15.8. The predicted molar refractivity (Wildman–Crippen MR) is 78.0 cm³/mol. The molecular weight excluding hydrogens is 253 g/mol. The predicted octanol–water partition coefficient (Wildman–Crippen LogP) is 3.90. The topological polar surface area (TPSA) is 30.7 Å². The molecule has 0 saturated carbocycles. The van der Waals surface area contributed by atoms with Crippen molar-refractivity contribution in [1.29, 1.82) is 0 Å². The molecule has 102 valence electrons. The fourth-order valence-corrected chi connectivity index (χ4v) is 2.37. The SMILES string of the molecule is CC(C)c1ccc(-c2cnc3nn(C)cc3c2)cc1F. The van der Waals surface area contributed by atoms with E-state index in [-0.39, 0.29) is 11.7 Å². The normalized spacial score (nSPS) is 11.4. The Morgan fingerprint density at radius 3 is 2.65 bits per heavy atom. The first-order valence-corrected chi connectivity index (χ1v) is 6.64. The van der Waals surface area contributed by atoms with E-state index in [1.54, 1.807) is 16.9 Å². The Balaban J connectivity index is 2.08. The van der Waals surface area contributed by atoms with E-state index in [9.17, 15) is 4.39 Å². The number of aromatic nitrogens is 3. The molecule has 0 fully saturated rings. The van der Waals surface area contributed by atoms with E-state index in [0.29, 0.717) is 5.65 Å². The fraction of sp³-hybridized carbons (Fsp3) is 0.250. The number of pyridine rings is 1. The van der Waals surface area contributed by atoms with Gasteiger partial charge in [-0.25, -0.2) is 9.37 Å². The van der Waals surface area contributed by atoms with Crippen molar-refractivity contribution in [2.24, 2.45) is 7.05 Å². The molecule has 3 aromatic rings. The lowest BCUT2D eigenvalue weighted by atomic mass is 9.98. The average molecular weight is 269 g/mol. The van der Waals surface area contributed by atoms with Gasteiger partial charge in [-0.15, -0.1) is 0 Å². The van der Waals surface area contributed by atoms with Gasteiger partial charge in [0.15, 0.2) is 5.65 Å². The van der Waals surface area contributed by atoms with Gasteiger partial charge in [0.25, 0.3) is 0 Å². The smallest absolute Gasteiger partial charge is 0.181 e. The number of rotatable bonds is 2. The van der Waals surface area contributed by atoms with Gasteiger partial charge < -0.3 is 0 Å². The molecule has 3 rings (SSSR count). The Labute approximate surface area is 117 Å². The highest BCUT2D eigenvalue weighted by Gasteiger charge is 2.09. The standard InChI is InChI=1S/C16H16FN3/c1-10(2)14-5-4-11(7-15(14)17)12-6-13-9-20(3)19-16(13)18-8-12/h4-10H,1-3H3. The quantitative estimate of drug-likeness (QED) is 0.706. The van der Waals surface area contributed by atoms with E-state index in [0.717, 1.165) is 22.1 Å². The van der Waals surface area contributed by atoms with Crippen molar-refractivity contribution in [2.75, 3.05) is 0 Å². The van der Waals surface area contributed by atoms with Crippen molar-refractivity contribution in [3.8, 4) is 11.1 Å². The number of hydrogen-bond donors (Lipinski definition) is 0. The maximum atomic E-state index is 14.1. The van der Waals surface area contributed by atoms with Crippen LogP contribution in [0.15, 0.2) is 36.7 Å². The van der Waals surface area contributed by atoms with Crippen molar-refractivity contribution in [1.82, 2.24) is 14.8 Å². The largest absolute Gasteiger partial charge is 0.273 e. The van der Waals surface area contributed by atoms with Gasteiger partial charge in [-0.05, 0) is 29.2 Å². The summed E-state index contributed by atoms with van der Waals surface area (Å²) in [7, 11) is 1.86. The molecule has 2 aromatic heterocycles. The van der Waals surface area contributed by atoms with E-state index >= 15 is 0 Å². The summed E-state index contributed by atoms with van der Waals surface area (Å²) in [5, 5.41) is 5.19. The molecule has 0 saturated heterocycles. The van der Waals surface area contributed by atoms with Crippen LogP contribution in [-0.4, -0.2) is 14.8 Å². The third-order valence-electron chi connectivity index (χ3n) is 3.43. The summed E-state index contributed by atoms with van der Waals surface area (Å²) in [5.41, 5.74) is 3.18. The minimum absolute atomic E-state index is 0.163. The Morgan fingerprint density at radius 1 is 1.15 bits per heavy atom. The third kappa shape index (κ3) is 2.18. The van der Waals surface area contributed by atoms with Crippen LogP contribution in [0.1, 0.15) is 25.3 Å². The zero-order valence-corrected chi connectivity index (χ0v) is 11.8. The van der Waals surface area contributed by atoms with Crippen LogP contribution in [0.2, 0.25) is 0 Å². The number of benzene rings is 1. The maximum Gasteiger partial charge on any atom is 0.181 e. The first kappa shape index (κ1) is 12.8. The second-order valence-corrected chi connectivity index (χ2v) is 5.33. The van der Waals surface area contributed by atoms with Crippen LogP contribution in [0.5, 0.6) is 0 Å². The van der Waals surface area contributed by atoms with Crippen LogP contribution in [0, 0.1) is 5.82 Å². The Hall–Kier alpha value is -2.23. The lowest BCUT2D eigenvalue weighted by molar-refractivity contribution is 0.599. The summed E-state index contributed by atoms with van der Waals surface area (Å²) >= 11 is 0. The lowest BCUT2D eigenvalue weighted by Crippen LogP contribution is -1.93. The van der Waals surface area contributed by atoms with Crippen molar-refractivity contribution in [2.45, 2.75) is 19.8 Å². The molecule has 0 unspecified atom stereocenters. The van der Waals surface area contributed by atoms with Crippen LogP contribution in [0.3, 0.4) is 0 Å². The molecule has 0 radical (unpaired) electrons. The Morgan fingerprint density at radius 2 is 1.95 bits per heavy atom. The monoisotopic (exact) mass is 269 g/mol. The van der Waals surface area contributed by atoms with Crippen LogP contribution in [0.4, 0.5) is 4.39 Å². The molecule has 1 aromatic carbocycles. The second-order valence-electron chi connectivity index (χ2n) is 5.33. The zero-order valence-electron chi connectivity index (χ0n) is 11.8. The molecular formula is C16H16FN3. The minimum atomic E-state index is -0.163. The highest BCUT2D eigenvalue weighted by atomic mass is 19.1. The molecule has 3 nitrogen and oxygen atoms in total. The van der Waals surface area contributed by atoms with Gasteiger partial charge in [0, 0.05) is 30.4 Å². The molecule has 0 N–H and O–H groups in total. The summed E-state index contributed by atoms with van der Waals surface area (Å²) in [6.07, 6.45) is 3.64. The van der Waals surface area contributed by atoms with Gasteiger partial charge >= 0.3 is 0 Å². The van der Waals surface area contributed by atoms with E-state index < -0.39 is 0 Å². The molecule has 20 heavy (non-hydrogen) atoms. The van der Waals surface area contributed by atoms with Gasteiger partial charge in [-0.1, -0.05) is 26.0 Å². The molecule has 0 aliphatic rings. The molecule has 0 aliphatic carbocycles.